The van der Waals surface area contributed by atoms with E-state index in [4.69, 9.17) is 4.43 Å². The number of aliphatic hydroxyl groups excluding tert-OH is 2. The Morgan fingerprint density at radius 2 is 1.30 bits per heavy atom. The van der Waals surface area contributed by atoms with Gasteiger partial charge in [0.05, 0.1) is 24.7 Å². The number of hydrogen-bond acceptors (Lipinski definition) is 3. The van der Waals surface area contributed by atoms with Crippen molar-refractivity contribution >= 4 is 8.32 Å². The average Bonchev–Trinajstić information content (AvgIpc) is 2.42. The molecule has 3 nitrogen and oxygen atoms in total. The van der Waals surface area contributed by atoms with E-state index in [1.54, 1.807) is 13.8 Å². The Labute approximate surface area is 145 Å². The second-order valence-corrected chi connectivity index (χ2v) is 13.2. The molecule has 0 aliphatic heterocycles. The first-order chi connectivity index (χ1) is 10.5. The molecule has 0 aromatic heterocycles. The largest absolute Gasteiger partial charge is 0.413 e. The van der Waals surface area contributed by atoms with Crippen LogP contribution in [0.2, 0.25) is 16.6 Å². The van der Waals surface area contributed by atoms with E-state index in [1.807, 2.05) is 6.92 Å². The third kappa shape index (κ3) is 5.60. The lowest BCUT2D eigenvalue weighted by Crippen LogP contribution is -2.50. The molecule has 0 aromatic carbocycles. The Morgan fingerprint density at radius 3 is 1.61 bits per heavy atom. The van der Waals surface area contributed by atoms with Gasteiger partial charge in [0.1, 0.15) is 0 Å². The van der Waals surface area contributed by atoms with Crippen molar-refractivity contribution in [1.29, 1.82) is 0 Å². The molecule has 2 N–H and O–H groups in total. The minimum absolute atomic E-state index is 0.124. The second kappa shape index (κ2) is 9.83. The smallest absolute Gasteiger partial charge is 0.200 e. The Kier molecular flexibility index (Phi) is 9.69. The lowest BCUT2D eigenvalue weighted by molar-refractivity contribution is 0.0147. The molecular formula is C19H38O3Si. The van der Waals surface area contributed by atoms with Gasteiger partial charge in [-0.2, -0.15) is 0 Å². The van der Waals surface area contributed by atoms with Crippen molar-refractivity contribution in [3.05, 3.63) is 0 Å². The highest BCUT2D eigenvalue weighted by Gasteiger charge is 2.45. The molecule has 0 unspecified atom stereocenters. The predicted molar refractivity (Wildman–Crippen MR) is 101 cm³/mol. The molecule has 0 fully saturated rings. The van der Waals surface area contributed by atoms with Crippen LogP contribution in [0, 0.1) is 23.7 Å². The normalized spacial score (nSPS) is 17.8. The van der Waals surface area contributed by atoms with Crippen molar-refractivity contribution in [3.63, 3.8) is 0 Å². The van der Waals surface area contributed by atoms with Crippen molar-refractivity contribution in [3.8, 4) is 11.8 Å². The third-order valence-electron chi connectivity index (χ3n) is 5.22. The summed E-state index contributed by atoms with van der Waals surface area (Å²) in [5.41, 5.74) is 1.48. The van der Waals surface area contributed by atoms with Gasteiger partial charge in [-0.1, -0.05) is 54.4 Å². The summed E-state index contributed by atoms with van der Waals surface area (Å²) in [6.45, 7) is 19.2. The minimum atomic E-state index is -1.98. The molecule has 23 heavy (non-hydrogen) atoms. The zero-order valence-corrected chi connectivity index (χ0v) is 17.6. The van der Waals surface area contributed by atoms with Crippen LogP contribution < -0.4 is 0 Å². The Hall–Kier alpha value is -0.343. The van der Waals surface area contributed by atoms with Crippen molar-refractivity contribution in [2.24, 2.45) is 11.8 Å². The molecule has 0 saturated carbocycles. The molecule has 0 radical (unpaired) electrons. The highest BCUT2D eigenvalue weighted by Crippen LogP contribution is 2.42. The molecule has 0 amide bonds. The zero-order valence-electron chi connectivity index (χ0n) is 16.6. The molecule has 4 heteroatoms. The molecule has 0 aliphatic carbocycles. The number of hydrogen-bond donors (Lipinski definition) is 2. The van der Waals surface area contributed by atoms with Crippen LogP contribution in [0.1, 0.15) is 62.3 Å². The van der Waals surface area contributed by atoms with Gasteiger partial charge in [0.15, 0.2) is 8.32 Å². The molecule has 0 rings (SSSR count). The SMILES string of the molecule is CC#C[C@@H]([C@@H](C)[C@@H](O)CO[Si](C(C)C)(C(C)C)C(C)C)[C@@H](C)O. The topological polar surface area (TPSA) is 49.7 Å². The maximum absolute atomic E-state index is 10.6. The minimum Gasteiger partial charge on any atom is -0.413 e. The lowest BCUT2D eigenvalue weighted by atomic mass is 9.86. The molecule has 4 atom stereocenters. The van der Waals surface area contributed by atoms with E-state index in [2.05, 4.69) is 53.4 Å². The maximum atomic E-state index is 10.6. The first-order valence-electron chi connectivity index (χ1n) is 8.94. The van der Waals surface area contributed by atoms with Gasteiger partial charge >= 0.3 is 0 Å². The van der Waals surface area contributed by atoms with E-state index in [-0.39, 0.29) is 11.8 Å². The molecule has 0 saturated heterocycles. The Morgan fingerprint density at radius 1 is 0.870 bits per heavy atom. The second-order valence-electron chi connectivity index (χ2n) is 7.72. The monoisotopic (exact) mass is 342 g/mol. The number of rotatable bonds is 9. The molecule has 0 bridgehead atoms. The summed E-state index contributed by atoms with van der Waals surface area (Å²) in [5.74, 6) is 5.53. The summed E-state index contributed by atoms with van der Waals surface area (Å²) in [6, 6.07) is 0. The van der Waals surface area contributed by atoms with E-state index in [1.165, 1.54) is 0 Å². The fraction of sp³-hybridized carbons (Fsp3) is 0.895. The first kappa shape index (κ1) is 22.7. The van der Waals surface area contributed by atoms with Gasteiger partial charge in [0.25, 0.3) is 0 Å². The van der Waals surface area contributed by atoms with Crippen LogP contribution >= 0.6 is 0 Å². The highest BCUT2D eigenvalue weighted by molar-refractivity contribution is 6.77. The van der Waals surface area contributed by atoms with Gasteiger partial charge in [-0.3, -0.25) is 0 Å². The maximum Gasteiger partial charge on any atom is 0.200 e. The van der Waals surface area contributed by atoms with Crippen LogP contribution in [0.5, 0.6) is 0 Å². The van der Waals surface area contributed by atoms with E-state index < -0.39 is 20.5 Å². The first-order valence-corrected chi connectivity index (χ1v) is 11.1. The van der Waals surface area contributed by atoms with Gasteiger partial charge < -0.3 is 14.6 Å². The lowest BCUT2D eigenvalue weighted by Gasteiger charge is -2.43. The summed E-state index contributed by atoms with van der Waals surface area (Å²) in [6.07, 6.45) is -1.17. The standard InChI is InChI=1S/C19H38O3Si/c1-10-11-18(17(9)20)16(8)19(21)12-22-23(13(2)3,14(4)5)15(6)7/h13-21H,12H2,1-9H3/t16-,17-,18+,19+/m1/s1. The third-order valence-corrected chi connectivity index (χ3v) is 11.3. The van der Waals surface area contributed by atoms with E-state index in [0.29, 0.717) is 23.2 Å². The molecule has 0 aromatic rings. The average molecular weight is 343 g/mol. The van der Waals surface area contributed by atoms with Crippen molar-refractivity contribution in [1.82, 2.24) is 0 Å². The summed E-state index contributed by atoms with van der Waals surface area (Å²) in [5, 5.41) is 20.5. The van der Waals surface area contributed by atoms with Gasteiger partial charge in [0.2, 0.25) is 0 Å². The van der Waals surface area contributed by atoms with Gasteiger partial charge in [-0.15, -0.1) is 5.92 Å². The zero-order chi connectivity index (χ0) is 18.4. The van der Waals surface area contributed by atoms with Crippen LogP contribution in [-0.4, -0.2) is 37.3 Å². The van der Waals surface area contributed by atoms with Crippen molar-refractivity contribution < 1.29 is 14.6 Å². The van der Waals surface area contributed by atoms with Gasteiger partial charge in [-0.05, 0) is 30.5 Å². The molecule has 0 heterocycles. The Bertz CT molecular complexity index is 371. The fourth-order valence-electron chi connectivity index (χ4n) is 3.98. The molecule has 136 valence electrons. The van der Waals surface area contributed by atoms with E-state index in [9.17, 15) is 10.2 Å². The van der Waals surface area contributed by atoms with Gasteiger partial charge in [0, 0.05) is 5.92 Å². The molecular weight excluding hydrogens is 304 g/mol. The predicted octanol–water partition coefficient (Wildman–Crippen LogP) is 4.20. The van der Waals surface area contributed by atoms with Crippen LogP contribution in [0.4, 0.5) is 0 Å². The van der Waals surface area contributed by atoms with Crippen molar-refractivity contribution in [2.75, 3.05) is 6.61 Å². The quantitative estimate of drug-likeness (QED) is 0.488. The van der Waals surface area contributed by atoms with Crippen LogP contribution in [-0.2, 0) is 4.43 Å². The Balaban J connectivity index is 5.13. The summed E-state index contributed by atoms with van der Waals surface area (Å²) in [4.78, 5) is 0. The van der Waals surface area contributed by atoms with Gasteiger partial charge in [-0.25, -0.2) is 0 Å². The van der Waals surface area contributed by atoms with Crippen molar-refractivity contribution in [2.45, 2.75) is 91.1 Å². The summed E-state index contributed by atoms with van der Waals surface area (Å²) >= 11 is 0. The summed E-state index contributed by atoms with van der Waals surface area (Å²) < 4.78 is 6.46. The highest BCUT2D eigenvalue weighted by atomic mass is 28.4. The van der Waals surface area contributed by atoms with E-state index in [0.717, 1.165) is 0 Å². The molecule has 0 spiro atoms. The van der Waals surface area contributed by atoms with Crippen LogP contribution in [0.25, 0.3) is 0 Å². The van der Waals surface area contributed by atoms with E-state index >= 15 is 0 Å². The molecule has 0 aliphatic rings. The number of aliphatic hydroxyl groups is 2. The fourth-order valence-corrected chi connectivity index (χ4v) is 9.44. The van der Waals surface area contributed by atoms with Crippen LogP contribution in [0.15, 0.2) is 0 Å². The summed E-state index contributed by atoms with van der Waals surface area (Å²) in [7, 11) is -1.98. The van der Waals surface area contributed by atoms with Crippen LogP contribution in [0.3, 0.4) is 0 Å².